The minimum Gasteiger partial charge on any atom is -0.392 e. The highest BCUT2D eigenvalue weighted by Gasteiger charge is 2.46. The van der Waals surface area contributed by atoms with Crippen LogP contribution in [0.2, 0.25) is 0 Å². The molecule has 1 N–H and O–H groups in total. The summed E-state index contributed by atoms with van der Waals surface area (Å²) in [4.78, 5) is 0. The Labute approximate surface area is 98.4 Å². The smallest absolute Gasteiger partial charge is 0.164 e. The maximum absolute atomic E-state index is 8.78. The zero-order valence-corrected chi connectivity index (χ0v) is 11.0. The molecule has 1 aliphatic rings. The van der Waals surface area contributed by atoms with E-state index in [1.54, 1.807) is 0 Å². The second-order valence-electron chi connectivity index (χ2n) is 5.48. The topological polar surface area (TPSA) is 38.7 Å². The third-order valence-electron chi connectivity index (χ3n) is 2.95. The fourth-order valence-electron chi connectivity index (χ4n) is 2.23. The monoisotopic (exact) mass is 228 g/mol. The first-order valence-electron chi connectivity index (χ1n) is 5.91. The second kappa shape index (κ2) is 4.86. The molecule has 16 heavy (non-hydrogen) atoms. The van der Waals surface area contributed by atoms with Gasteiger partial charge in [-0.3, -0.25) is 0 Å². The Kier molecular flexibility index (Phi) is 4.16. The fourth-order valence-corrected chi connectivity index (χ4v) is 2.23. The lowest BCUT2D eigenvalue weighted by Crippen LogP contribution is -2.33. The molecule has 94 valence electrons. The van der Waals surface area contributed by atoms with Crippen molar-refractivity contribution >= 4 is 0 Å². The summed E-state index contributed by atoms with van der Waals surface area (Å²) in [7, 11) is 0. The number of ether oxygens (including phenoxy) is 2. The van der Waals surface area contributed by atoms with Crippen LogP contribution < -0.4 is 0 Å². The van der Waals surface area contributed by atoms with Crippen LogP contribution in [-0.2, 0) is 9.47 Å². The first kappa shape index (κ1) is 13.7. The van der Waals surface area contributed by atoms with Crippen molar-refractivity contribution in [3.63, 3.8) is 0 Å². The molecule has 0 aromatic heterocycles. The van der Waals surface area contributed by atoms with E-state index in [1.165, 1.54) is 5.57 Å². The molecule has 0 aliphatic carbocycles. The molecule has 3 nitrogen and oxygen atoms in total. The molecule has 1 atom stereocenters. The van der Waals surface area contributed by atoms with Gasteiger partial charge in [-0.1, -0.05) is 11.6 Å². The Morgan fingerprint density at radius 2 is 1.94 bits per heavy atom. The average Bonchev–Trinajstić information content (AvgIpc) is 2.31. The zero-order chi connectivity index (χ0) is 12.4. The van der Waals surface area contributed by atoms with Gasteiger partial charge in [0.1, 0.15) is 0 Å². The van der Waals surface area contributed by atoms with Crippen molar-refractivity contribution in [3.8, 4) is 0 Å². The maximum Gasteiger partial charge on any atom is 0.164 e. The quantitative estimate of drug-likeness (QED) is 0.752. The van der Waals surface area contributed by atoms with Crippen LogP contribution in [0.15, 0.2) is 11.6 Å². The van der Waals surface area contributed by atoms with Crippen LogP contribution in [0.25, 0.3) is 0 Å². The number of aliphatic hydroxyl groups is 1. The summed E-state index contributed by atoms with van der Waals surface area (Å²) in [6, 6.07) is 0. The van der Waals surface area contributed by atoms with Crippen LogP contribution in [0.1, 0.15) is 47.5 Å². The van der Waals surface area contributed by atoms with Gasteiger partial charge in [-0.2, -0.15) is 0 Å². The van der Waals surface area contributed by atoms with Crippen molar-refractivity contribution in [2.75, 3.05) is 6.61 Å². The number of hydrogen-bond donors (Lipinski definition) is 1. The van der Waals surface area contributed by atoms with Gasteiger partial charge in [0.05, 0.1) is 18.3 Å². The molecule has 1 aliphatic heterocycles. The molecule has 0 aromatic carbocycles. The summed E-state index contributed by atoms with van der Waals surface area (Å²) in [5.41, 5.74) is 0.967. The van der Waals surface area contributed by atoms with Crippen molar-refractivity contribution in [1.29, 1.82) is 0 Å². The third kappa shape index (κ3) is 3.58. The van der Waals surface area contributed by atoms with Crippen molar-refractivity contribution in [1.82, 2.24) is 0 Å². The molecule has 0 amide bonds. The Bertz CT molecular complexity index is 266. The fraction of sp³-hybridized carbons (Fsp3) is 0.846. The zero-order valence-electron chi connectivity index (χ0n) is 11.0. The molecule has 0 aromatic rings. The van der Waals surface area contributed by atoms with E-state index in [1.807, 2.05) is 26.8 Å². The van der Waals surface area contributed by atoms with Crippen molar-refractivity contribution in [2.24, 2.45) is 0 Å². The molecule has 1 heterocycles. The molecular formula is C13H24O3. The highest BCUT2D eigenvalue weighted by molar-refractivity contribution is 5.00. The van der Waals surface area contributed by atoms with Gasteiger partial charge < -0.3 is 14.6 Å². The average molecular weight is 228 g/mol. The molecule has 0 unspecified atom stereocenters. The molecule has 0 saturated carbocycles. The Balaban J connectivity index is 2.52. The highest BCUT2D eigenvalue weighted by Crippen LogP contribution is 2.38. The summed E-state index contributed by atoms with van der Waals surface area (Å²) in [5.74, 6) is -0.483. The summed E-state index contributed by atoms with van der Waals surface area (Å²) in [6.45, 7) is 10.2. The van der Waals surface area contributed by atoms with Gasteiger partial charge in [-0.05, 0) is 47.5 Å². The molecule has 0 bridgehead atoms. The standard InChI is InChI=1S/C13H24O3/c1-10(8-9-14)6-7-11-12(2,3)16-13(4,5)15-11/h8,11,14H,6-7,9H2,1-5H3/t11-/m0/s1. The minimum atomic E-state index is -0.483. The summed E-state index contributed by atoms with van der Waals surface area (Å²) in [5, 5.41) is 8.78. The highest BCUT2D eigenvalue weighted by atomic mass is 16.8. The Morgan fingerprint density at radius 3 is 2.38 bits per heavy atom. The summed E-state index contributed by atoms with van der Waals surface area (Å²) in [6.07, 6.45) is 3.82. The number of allylic oxidation sites excluding steroid dienone is 1. The SMILES string of the molecule is CC(=CCO)CC[C@@H]1OC(C)(C)OC1(C)C. The lowest BCUT2D eigenvalue weighted by molar-refractivity contribution is -0.157. The van der Waals surface area contributed by atoms with E-state index in [4.69, 9.17) is 14.6 Å². The minimum absolute atomic E-state index is 0.114. The van der Waals surface area contributed by atoms with Crippen LogP contribution >= 0.6 is 0 Å². The Hall–Kier alpha value is -0.380. The maximum atomic E-state index is 8.78. The first-order chi connectivity index (χ1) is 7.27. The van der Waals surface area contributed by atoms with Gasteiger partial charge in [-0.25, -0.2) is 0 Å². The number of aliphatic hydroxyl groups excluding tert-OH is 1. The van der Waals surface area contributed by atoms with Gasteiger partial charge >= 0.3 is 0 Å². The normalized spacial score (nSPS) is 28.4. The van der Waals surface area contributed by atoms with Gasteiger partial charge in [0.2, 0.25) is 0 Å². The molecule has 1 fully saturated rings. The van der Waals surface area contributed by atoms with E-state index in [9.17, 15) is 0 Å². The van der Waals surface area contributed by atoms with Gasteiger partial charge in [-0.15, -0.1) is 0 Å². The molecule has 1 rings (SSSR count). The van der Waals surface area contributed by atoms with Crippen molar-refractivity contribution in [2.45, 2.75) is 65.0 Å². The van der Waals surface area contributed by atoms with E-state index in [2.05, 4.69) is 13.8 Å². The number of hydrogen-bond acceptors (Lipinski definition) is 3. The second-order valence-corrected chi connectivity index (χ2v) is 5.48. The molecule has 3 heteroatoms. The van der Waals surface area contributed by atoms with E-state index >= 15 is 0 Å². The molecule has 0 radical (unpaired) electrons. The Morgan fingerprint density at radius 1 is 1.31 bits per heavy atom. The largest absolute Gasteiger partial charge is 0.392 e. The third-order valence-corrected chi connectivity index (χ3v) is 2.95. The van der Waals surface area contributed by atoms with Crippen LogP contribution in [0, 0.1) is 0 Å². The predicted molar refractivity (Wildman–Crippen MR) is 64.2 cm³/mol. The van der Waals surface area contributed by atoms with Gasteiger partial charge in [0.15, 0.2) is 5.79 Å². The van der Waals surface area contributed by atoms with Crippen LogP contribution in [-0.4, -0.2) is 29.2 Å². The molecular weight excluding hydrogens is 204 g/mol. The van der Waals surface area contributed by atoms with Crippen molar-refractivity contribution in [3.05, 3.63) is 11.6 Å². The van der Waals surface area contributed by atoms with Crippen LogP contribution in [0.4, 0.5) is 0 Å². The van der Waals surface area contributed by atoms with E-state index in [-0.39, 0.29) is 18.3 Å². The lowest BCUT2D eigenvalue weighted by Gasteiger charge is -2.23. The van der Waals surface area contributed by atoms with Crippen LogP contribution in [0.3, 0.4) is 0 Å². The van der Waals surface area contributed by atoms with E-state index in [0.29, 0.717) is 0 Å². The summed E-state index contributed by atoms with van der Waals surface area (Å²) < 4.78 is 11.7. The first-order valence-corrected chi connectivity index (χ1v) is 5.91. The van der Waals surface area contributed by atoms with E-state index < -0.39 is 5.79 Å². The van der Waals surface area contributed by atoms with Gasteiger partial charge in [0, 0.05) is 0 Å². The molecule has 0 spiro atoms. The van der Waals surface area contributed by atoms with Crippen molar-refractivity contribution < 1.29 is 14.6 Å². The van der Waals surface area contributed by atoms with Crippen LogP contribution in [0.5, 0.6) is 0 Å². The predicted octanol–water partition coefficient (Wildman–Crippen LogP) is 2.64. The number of rotatable bonds is 4. The summed E-state index contributed by atoms with van der Waals surface area (Å²) >= 11 is 0. The molecule has 1 saturated heterocycles. The van der Waals surface area contributed by atoms with E-state index in [0.717, 1.165) is 12.8 Å². The van der Waals surface area contributed by atoms with Gasteiger partial charge in [0.25, 0.3) is 0 Å². The lowest BCUT2D eigenvalue weighted by atomic mass is 9.96.